The van der Waals surface area contributed by atoms with Crippen molar-refractivity contribution in [1.82, 2.24) is 10.8 Å². The third kappa shape index (κ3) is 10.4. The van der Waals surface area contributed by atoms with Crippen LogP contribution in [-0.2, 0) is 19.2 Å². The Balaban J connectivity index is 2.29. The summed E-state index contributed by atoms with van der Waals surface area (Å²) >= 11 is 0. The molecule has 0 fully saturated rings. The number of carbonyl (C=O) groups is 1. The number of esters is 1. The highest BCUT2D eigenvalue weighted by atomic mass is 17.1. The summed E-state index contributed by atoms with van der Waals surface area (Å²) in [4.78, 5) is 20.4. The predicted octanol–water partition coefficient (Wildman–Crippen LogP) is 1.12. The van der Waals surface area contributed by atoms with E-state index in [1.807, 2.05) is 0 Å². The van der Waals surface area contributed by atoms with Gasteiger partial charge in [-0.1, -0.05) is 12.1 Å². The molecule has 1 aromatic rings. The Kier molecular flexibility index (Phi) is 9.61. The average molecular weight is 360 g/mol. The van der Waals surface area contributed by atoms with Gasteiger partial charge in [-0.15, -0.1) is 0 Å². The zero-order chi connectivity index (χ0) is 18.7. The van der Waals surface area contributed by atoms with Gasteiger partial charge in [-0.05, 0) is 36.6 Å². The first-order valence-corrected chi connectivity index (χ1v) is 7.16. The molecule has 0 bridgehead atoms. The summed E-state index contributed by atoms with van der Waals surface area (Å²) in [5.74, 6) is -0.458. The van der Waals surface area contributed by atoms with E-state index in [0.717, 1.165) is 0 Å². The van der Waals surface area contributed by atoms with Gasteiger partial charge in [-0.2, -0.15) is 0 Å². The van der Waals surface area contributed by atoms with Crippen LogP contribution in [-0.4, -0.2) is 62.0 Å². The Morgan fingerprint density at radius 3 is 2.40 bits per heavy atom. The van der Waals surface area contributed by atoms with Crippen LogP contribution in [0, 0.1) is 0 Å². The second kappa shape index (κ2) is 11.5. The van der Waals surface area contributed by atoms with Crippen molar-refractivity contribution in [2.24, 2.45) is 0 Å². The largest absolute Gasteiger partial charge is 0.508 e. The number of hydrogen-bond donors (Lipinski definition) is 5. The van der Waals surface area contributed by atoms with E-state index in [1.165, 1.54) is 24.3 Å². The molecule has 0 aromatic heterocycles. The van der Waals surface area contributed by atoms with Crippen LogP contribution < -0.4 is 0 Å². The minimum Gasteiger partial charge on any atom is -0.508 e. The van der Waals surface area contributed by atoms with Crippen LogP contribution >= 0.6 is 0 Å². The van der Waals surface area contributed by atoms with Crippen molar-refractivity contribution in [3.8, 4) is 5.75 Å². The van der Waals surface area contributed by atoms with Gasteiger partial charge in [-0.3, -0.25) is 20.8 Å². The summed E-state index contributed by atoms with van der Waals surface area (Å²) in [6.07, 6.45) is 2.27. The zero-order valence-corrected chi connectivity index (χ0v) is 13.1. The van der Waals surface area contributed by atoms with Gasteiger partial charge in [0.1, 0.15) is 18.5 Å². The van der Waals surface area contributed by atoms with Crippen molar-refractivity contribution in [3.05, 3.63) is 35.9 Å². The molecule has 11 nitrogen and oxygen atoms in total. The summed E-state index contributed by atoms with van der Waals surface area (Å²) in [6.45, 7) is -0.364. The maximum absolute atomic E-state index is 11.5. The van der Waals surface area contributed by atoms with Crippen molar-refractivity contribution in [2.75, 3.05) is 13.2 Å². The lowest BCUT2D eigenvalue weighted by Gasteiger charge is -2.18. The van der Waals surface area contributed by atoms with Gasteiger partial charge in [0.2, 0.25) is 0 Å². The molecule has 5 N–H and O–H groups in total. The van der Waals surface area contributed by atoms with E-state index in [9.17, 15) is 4.79 Å². The standard InChI is InChI=1S/C14H20N2O9/c17-12-6-3-11(4-7-12)5-8-14(18)23-9-1-2-13(25-16(21)22)10-24-15(19)20/h3-8,13,17,19-22H,1-2,9-10H2/b8-5+. The highest BCUT2D eigenvalue weighted by molar-refractivity contribution is 5.87. The summed E-state index contributed by atoms with van der Waals surface area (Å²) in [5.41, 5.74) is 0.712. The fourth-order valence-corrected chi connectivity index (χ4v) is 1.73. The van der Waals surface area contributed by atoms with E-state index >= 15 is 0 Å². The van der Waals surface area contributed by atoms with E-state index in [2.05, 4.69) is 9.68 Å². The molecule has 1 aromatic carbocycles. The first kappa shape index (κ1) is 21.0. The first-order chi connectivity index (χ1) is 11.9. The minimum atomic E-state index is -0.928. The Morgan fingerprint density at radius 1 is 1.12 bits per heavy atom. The van der Waals surface area contributed by atoms with Crippen LogP contribution in [0.2, 0.25) is 0 Å². The number of phenolic OH excluding ortho intramolecular Hbond substituents is 1. The van der Waals surface area contributed by atoms with E-state index < -0.39 is 22.9 Å². The second-order valence-electron chi connectivity index (χ2n) is 4.76. The normalized spacial score (nSPS) is 12.9. The van der Waals surface area contributed by atoms with Crippen molar-refractivity contribution >= 4 is 12.0 Å². The van der Waals surface area contributed by atoms with Gasteiger partial charge in [-0.25, -0.2) is 14.5 Å². The van der Waals surface area contributed by atoms with Gasteiger partial charge in [0.15, 0.2) is 0 Å². The summed E-state index contributed by atoms with van der Waals surface area (Å²) in [6, 6.07) is 6.22. The SMILES string of the molecule is O=C(/C=C/c1ccc(O)cc1)OCCCC(CON(O)O)ON(O)O. The number of hydrogen-bond acceptors (Lipinski definition) is 11. The number of benzene rings is 1. The molecule has 25 heavy (non-hydrogen) atoms. The van der Waals surface area contributed by atoms with E-state index in [1.54, 1.807) is 12.1 Å². The molecular formula is C14H20N2O9. The molecular weight excluding hydrogens is 340 g/mol. The van der Waals surface area contributed by atoms with Crippen LogP contribution in [0.4, 0.5) is 0 Å². The van der Waals surface area contributed by atoms with Gasteiger partial charge < -0.3 is 9.84 Å². The zero-order valence-electron chi connectivity index (χ0n) is 13.1. The molecule has 0 heterocycles. The lowest BCUT2D eigenvalue weighted by Crippen LogP contribution is -2.31. The first-order valence-electron chi connectivity index (χ1n) is 7.16. The van der Waals surface area contributed by atoms with Gasteiger partial charge in [0, 0.05) is 6.08 Å². The average Bonchev–Trinajstić information content (AvgIpc) is 2.55. The van der Waals surface area contributed by atoms with Gasteiger partial charge in [0.25, 0.3) is 0 Å². The van der Waals surface area contributed by atoms with Crippen molar-refractivity contribution in [2.45, 2.75) is 18.9 Å². The van der Waals surface area contributed by atoms with E-state index in [-0.39, 0.29) is 31.8 Å². The maximum atomic E-state index is 11.5. The molecule has 11 heteroatoms. The summed E-state index contributed by atoms with van der Waals surface area (Å²) in [5, 5.41) is 42.1. The minimum absolute atomic E-state index is 0.0252. The molecule has 1 atom stereocenters. The van der Waals surface area contributed by atoms with Gasteiger partial charge >= 0.3 is 5.97 Å². The Morgan fingerprint density at radius 2 is 1.80 bits per heavy atom. The van der Waals surface area contributed by atoms with Crippen molar-refractivity contribution < 1.29 is 45.1 Å². The van der Waals surface area contributed by atoms with E-state index in [0.29, 0.717) is 5.56 Å². The number of ether oxygens (including phenoxy) is 1. The second-order valence-corrected chi connectivity index (χ2v) is 4.76. The molecule has 0 amide bonds. The smallest absolute Gasteiger partial charge is 0.330 e. The third-order valence-corrected chi connectivity index (χ3v) is 2.84. The molecule has 0 spiro atoms. The molecule has 1 unspecified atom stereocenters. The molecule has 0 saturated carbocycles. The van der Waals surface area contributed by atoms with Gasteiger partial charge in [0.05, 0.1) is 17.4 Å². The molecule has 0 aliphatic heterocycles. The maximum Gasteiger partial charge on any atom is 0.330 e. The monoisotopic (exact) mass is 360 g/mol. The molecule has 1 rings (SSSR count). The number of nitrogens with zero attached hydrogens (tertiary/aromatic N) is 2. The van der Waals surface area contributed by atoms with Crippen molar-refractivity contribution in [1.29, 1.82) is 0 Å². The molecule has 0 aliphatic carbocycles. The number of carbonyl (C=O) groups excluding carboxylic acids is 1. The highest BCUT2D eigenvalue weighted by Gasteiger charge is 2.15. The molecule has 140 valence electrons. The number of phenols is 1. The quantitative estimate of drug-likeness (QED) is 0.167. The third-order valence-electron chi connectivity index (χ3n) is 2.84. The van der Waals surface area contributed by atoms with Crippen LogP contribution in [0.5, 0.6) is 5.75 Å². The lowest BCUT2D eigenvalue weighted by atomic mass is 10.2. The van der Waals surface area contributed by atoms with Crippen LogP contribution in [0.1, 0.15) is 18.4 Å². The Bertz CT molecular complexity index is 534. The number of aromatic hydroxyl groups is 1. The topological polar surface area (TPSA) is 152 Å². The lowest BCUT2D eigenvalue weighted by molar-refractivity contribution is -0.527. The molecule has 0 saturated heterocycles. The molecule has 0 radical (unpaired) electrons. The Labute approximate surface area is 142 Å². The van der Waals surface area contributed by atoms with Crippen LogP contribution in [0.15, 0.2) is 30.3 Å². The summed E-state index contributed by atoms with van der Waals surface area (Å²) in [7, 11) is 0. The number of rotatable bonds is 11. The van der Waals surface area contributed by atoms with Crippen LogP contribution in [0.3, 0.4) is 0 Å². The van der Waals surface area contributed by atoms with Crippen LogP contribution in [0.25, 0.3) is 6.08 Å². The molecule has 0 aliphatic rings. The van der Waals surface area contributed by atoms with E-state index in [4.69, 9.17) is 30.7 Å². The fourth-order valence-electron chi connectivity index (χ4n) is 1.73. The Hall–Kier alpha value is -2.09. The predicted molar refractivity (Wildman–Crippen MR) is 79.0 cm³/mol. The summed E-state index contributed by atoms with van der Waals surface area (Å²) < 4.78 is 4.95. The van der Waals surface area contributed by atoms with Crippen molar-refractivity contribution in [3.63, 3.8) is 0 Å². The fraction of sp³-hybridized carbons (Fsp3) is 0.357. The highest BCUT2D eigenvalue weighted by Crippen LogP contribution is 2.11.